The van der Waals surface area contributed by atoms with Crippen LogP contribution in [-0.4, -0.2) is 30.1 Å². The van der Waals surface area contributed by atoms with Gasteiger partial charge in [0.2, 0.25) is 0 Å². The summed E-state index contributed by atoms with van der Waals surface area (Å²) in [6, 6.07) is 10.9. The molecule has 0 aromatic heterocycles. The van der Waals surface area contributed by atoms with Gasteiger partial charge >= 0.3 is 6.18 Å². The zero-order chi connectivity index (χ0) is 21.2. The van der Waals surface area contributed by atoms with Crippen LogP contribution in [0.3, 0.4) is 0 Å². The Labute approximate surface area is 167 Å². The minimum absolute atomic E-state index is 0.189. The van der Waals surface area contributed by atoms with Gasteiger partial charge in [-0.1, -0.05) is 24.3 Å². The van der Waals surface area contributed by atoms with E-state index in [0.717, 1.165) is 28.8 Å². The highest BCUT2D eigenvalue weighted by Crippen LogP contribution is 2.32. The van der Waals surface area contributed by atoms with Crippen LogP contribution in [0.4, 0.5) is 13.2 Å². The molecule has 0 atom stereocenters. The van der Waals surface area contributed by atoms with Gasteiger partial charge in [0.1, 0.15) is 0 Å². The van der Waals surface area contributed by atoms with Gasteiger partial charge in [-0.15, -0.1) is 0 Å². The summed E-state index contributed by atoms with van der Waals surface area (Å²) in [7, 11) is 1.68. The van der Waals surface area contributed by atoms with Gasteiger partial charge in [0.25, 0.3) is 5.91 Å². The molecule has 0 bridgehead atoms. The van der Waals surface area contributed by atoms with Crippen molar-refractivity contribution in [1.29, 1.82) is 5.41 Å². The minimum Gasteiger partial charge on any atom is -0.393 e. The number of hydrogen-bond donors (Lipinski definition) is 2. The topological polar surface area (TPSA) is 56.2 Å². The molecule has 0 saturated carbocycles. The van der Waals surface area contributed by atoms with Crippen LogP contribution in [0.5, 0.6) is 0 Å². The zero-order valence-corrected chi connectivity index (χ0v) is 16.2. The molecule has 0 aliphatic carbocycles. The number of alkyl halides is 3. The molecule has 1 amide bonds. The molecule has 0 saturated heterocycles. The molecule has 3 rings (SSSR count). The third kappa shape index (κ3) is 4.50. The fraction of sp³-hybridized carbons (Fsp3) is 0.273. The predicted octanol–water partition coefficient (Wildman–Crippen LogP) is 4.40. The number of carbonyl (C=O) groups is 1. The van der Waals surface area contributed by atoms with Gasteiger partial charge in [-0.25, -0.2) is 0 Å². The summed E-state index contributed by atoms with van der Waals surface area (Å²) in [5.41, 5.74) is 3.41. The average molecular weight is 401 g/mol. The molecule has 29 heavy (non-hydrogen) atoms. The Bertz CT molecular complexity index is 962. The molecule has 4 nitrogen and oxygen atoms in total. The molecular weight excluding hydrogens is 379 g/mol. The molecule has 2 N–H and O–H groups in total. The fourth-order valence-corrected chi connectivity index (χ4v) is 3.41. The van der Waals surface area contributed by atoms with E-state index in [2.05, 4.69) is 5.32 Å². The maximum absolute atomic E-state index is 12.8. The van der Waals surface area contributed by atoms with Gasteiger partial charge in [0.05, 0.1) is 11.1 Å². The molecule has 2 aromatic carbocycles. The largest absolute Gasteiger partial charge is 0.416 e. The van der Waals surface area contributed by atoms with Crippen LogP contribution >= 0.6 is 0 Å². The highest BCUT2D eigenvalue weighted by Gasteiger charge is 2.30. The standard InChI is InChI=1S/C22H22F3N3O/c1-14(26)20(12-27-2)21(29)28-10-9-16-3-4-17(11-18(16)13-28)15-5-7-19(8-6-15)22(23,24)25/h3-8,11-12,26-27H,9-10,13H2,1-2H3/b20-12+,26-14?. The Balaban J connectivity index is 1.85. The first-order valence-electron chi connectivity index (χ1n) is 9.22. The highest BCUT2D eigenvalue weighted by molar-refractivity contribution is 6.19. The van der Waals surface area contributed by atoms with Crippen LogP contribution in [-0.2, 0) is 23.9 Å². The van der Waals surface area contributed by atoms with Crippen molar-refractivity contribution in [3.8, 4) is 11.1 Å². The number of nitrogens with zero attached hydrogens (tertiary/aromatic N) is 1. The summed E-state index contributed by atoms with van der Waals surface area (Å²) in [5, 5.41) is 10.6. The van der Waals surface area contributed by atoms with Crippen molar-refractivity contribution in [3.05, 3.63) is 70.9 Å². The van der Waals surface area contributed by atoms with E-state index >= 15 is 0 Å². The van der Waals surface area contributed by atoms with E-state index in [1.54, 1.807) is 18.9 Å². The Morgan fingerprint density at radius 3 is 2.34 bits per heavy atom. The van der Waals surface area contributed by atoms with Crippen LogP contribution in [0.25, 0.3) is 11.1 Å². The highest BCUT2D eigenvalue weighted by atomic mass is 19.4. The predicted molar refractivity (Wildman–Crippen MR) is 107 cm³/mol. The number of nitrogens with one attached hydrogen (secondary N) is 2. The molecule has 1 aliphatic heterocycles. The van der Waals surface area contributed by atoms with E-state index in [-0.39, 0.29) is 11.6 Å². The van der Waals surface area contributed by atoms with Gasteiger partial charge in [-0.3, -0.25) is 4.79 Å². The van der Waals surface area contributed by atoms with E-state index < -0.39 is 11.7 Å². The summed E-state index contributed by atoms with van der Waals surface area (Å²) in [6.07, 6.45) is -2.14. The zero-order valence-electron chi connectivity index (χ0n) is 16.2. The maximum Gasteiger partial charge on any atom is 0.416 e. The van der Waals surface area contributed by atoms with Crippen LogP contribution in [0.2, 0.25) is 0 Å². The summed E-state index contributed by atoms with van der Waals surface area (Å²) in [5.74, 6) is -0.211. The van der Waals surface area contributed by atoms with Gasteiger partial charge < -0.3 is 15.6 Å². The number of halogens is 3. The van der Waals surface area contributed by atoms with Crippen molar-refractivity contribution in [2.24, 2.45) is 0 Å². The lowest BCUT2D eigenvalue weighted by Gasteiger charge is -2.30. The first kappa shape index (κ1) is 20.6. The lowest BCUT2D eigenvalue weighted by atomic mass is 9.94. The molecule has 0 fully saturated rings. The smallest absolute Gasteiger partial charge is 0.393 e. The van der Waals surface area contributed by atoms with E-state index in [0.29, 0.717) is 30.6 Å². The number of rotatable bonds is 4. The van der Waals surface area contributed by atoms with Crippen LogP contribution in [0, 0.1) is 5.41 Å². The summed E-state index contributed by atoms with van der Waals surface area (Å²) in [6.45, 7) is 2.53. The number of hydrogen-bond acceptors (Lipinski definition) is 3. The summed E-state index contributed by atoms with van der Waals surface area (Å²) >= 11 is 0. The van der Waals surface area contributed by atoms with Crippen molar-refractivity contribution >= 4 is 11.6 Å². The SMILES string of the molecule is CN/C=C(\C(C)=N)C(=O)N1CCc2ccc(-c3ccc(C(F)(F)F)cc3)cc2C1. The number of benzene rings is 2. The maximum atomic E-state index is 12.8. The summed E-state index contributed by atoms with van der Waals surface area (Å²) in [4.78, 5) is 14.5. The van der Waals surface area contributed by atoms with E-state index in [1.165, 1.54) is 18.3 Å². The van der Waals surface area contributed by atoms with E-state index in [1.807, 2.05) is 18.2 Å². The van der Waals surface area contributed by atoms with Gasteiger partial charge in [-0.2, -0.15) is 13.2 Å². The first-order valence-corrected chi connectivity index (χ1v) is 9.22. The monoisotopic (exact) mass is 401 g/mol. The Morgan fingerprint density at radius 1 is 1.10 bits per heavy atom. The number of carbonyl (C=O) groups excluding carboxylic acids is 1. The lowest BCUT2D eigenvalue weighted by molar-refractivity contribution is -0.137. The Kier molecular flexibility index (Phi) is 5.77. The second kappa shape index (κ2) is 8.11. The fourth-order valence-electron chi connectivity index (χ4n) is 3.41. The quantitative estimate of drug-likeness (QED) is 0.589. The van der Waals surface area contributed by atoms with Crippen LogP contribution < -0.4 is 5.32 Å². The van der Waals surface area contributed by atoms with Crippen molar-refractivity contribution in [2.45, 2.75) is 26.1 Å². The van der Waals surface area contributed by atoms with Crippen molar-refractivity contribution in [1.82, 2.24) is 10.2 Å². The molecule has 0 radical (unpaired) electrons. The molecule has 152 valence electrons. The van der Waals surface area contributed by atoms with Crippen molar-refractivity contribution < 1.29 is 18.0 Å². The van der Waals surface area contributed by atoms with E-state index in [9.17, 15) is 18.0 Å². The van der Waals surface area contributed by atoms with Gasteiger partial charge in [-0.05, 0) is 53.8 Å². The molecule has 0 unspecified atom stereocenters. The van der Waals surface area contributed by atoms with Crippen LogP contribution in [0.15, 0.2) is 54.2 Å². The average Bonchev–Trinajstić information content (AvgIpc) is 2.70. The Hall–Kier alpha value is -3.09. The lowest BCUT2D eigenvalue weighted by Crippen LogP contribution is -2.38. The normalized spacial score (nSPS) is 14.4. The molecule has 7 heteroatoms. The summed E-state index contributed by atoms with van der Waals surface area (Å²) < 4.78 is 38.3. The third-order valence-corrected chi connectivity index (χ3v) is 4.97. The number of fused-ring (bicyclic) bond motifs is 1. The van der Waals surface area contributed by atoms with Gasteiger partial charge in [0, 0.05) is 32.0 Å². The number of amides is 1. The minimum atomic E-state index is -4.36. The third-order valence-electron chi connectivity index (χ3n) is 4.97. The second-order valence-electron chi connectivity index (χ2n) is 7.01. The molecule has 1 aliphatic rings. The van der Waals surface area contributed by atoms with Gasteiger partial charge in [0.15, 0.2) is 0 Å². The molecule has 0 spiro atoms. The molecule has 1 heterocycles. The molecule has 2 aromatic rings. The molecular formula is C22H22F3N3O. The van der Waals surface area contributed by atoms with E-state index in [4.69, 9.17) is 5.41 Å². The van der Waals surface area contributed by atoms with Crippen molar-refractivity contribution in [2.75, 3.05) is 13.6 Å². The second-order valence-corrected chi connectivity index (χ2v) is 7.01. The van der Waals surface area contributed by atoms with Crippen molar-refractivity contribution in [3.63, 3.8) is 0 Å². The Morgan fingerprint density at radius 2 is 1.76 bits per heavy atom. The first-order chi connectivity index (χ1) is 13.7. The van der Waals surface area contributed by atoms with Crippen LogP contribution in [0.1, 0.15) is 23.6 Å².